The van der Waals surface area contributed by atoms with Crippen molar-refractivity contribution in [1.29, 1.82) is 0 Å². The number of nitrogens with one attached hydrogen (secondary N) is 1. The van der Waals surface area contributed by atoms with Crippen LogP contribution in [0, 0.1) is 11.8 Å². The van der Waals surface area contributed by atoms with Crippen LogP contribution in [0.25, 0.3) is 0 Å². The topological polar surface area (TPSA) is 61.4 Å². The van der Waals surface area contributed by atoms with Gasteiger partial charge in [-0.15, -0.1) is 4.72 Å². The van der Waals surface area contributed by atoms with Gasteiger partial charge >= 0.3 is 5.97 Å². The smallest absolute Gasteiger partial charge is 0.309 e. The van der Waals surface area contributed by atoms with Crippen molar-refractivity contribution in [3.8, 4) is 0 Å². The zero-order valence-corrected chi connectivity index (χ0v) is 14.6. The van der Waals surface area contributed by atoms with E-state index in [2.05, 4.69) is 11.6 Å². The van der Waals surface area contributed by atoms with Crippen LogP contribution in [-0.4, -0.2) is 26.9 Å². The van der Waals surface area contributed by atoms with Gasteiger partial charge in [0.05, 0.1) is 12.0 Å². The highest BCUT2D eigenvalue weighted by atomic mass is 32.2. The molecular formula is C15H29NO3S. The van der Waals surface area contributed by atoms with Gasteiger partial charge < -0.3 is 9.29 Å². The Hall–Kier alpha value is -0.260. The van der Waals surface area contributed by atoms with Crippen LogP contribution >= 0.6 is 0 Å². The summed E-state index contributed by atoms with van der Waals surface area (Å²) < 4.78 is 20.5. The van der Waals surface area contributed by atoms with Gasteiger partial charge in [-0.05, 0) is 60.3 Å². The Balaban J connectivity index is 2.57. The van der Waals surface area contributed by atoms with Crippen LogP contribution in [0.2, 0.25) is 0 Å². The quantitative estimate of drug-likeness (QED) is 0.643. The summed E-state index contributed by atoms with van der Waals surface area (Å²) in [5, 5.41) is 0. The number of carbonyl (C=O) groups is 1. The molecule has 1 saturated carbocycles. The van der Waals surface area contributed by atoms with E-state index < -0.39 is 17.0 Å². The second kappa shape index (κ2) is 6.24. The maximum atomic E-state index is 12.2. The number of hydrogen-bond donors (Lipinski definition) is 1. The van der Waals surface area contributed by atoms with Gasteiger partial charge in [-0.3, -0.25) is 4.79 Å². The highest BCUT2D eigenvalue weighted by molar-refractivity contribution is 7.90. The van der Waals surface area contributed by atoms with E-state index >= 15 is 0 Å². The molecule has 4 atom stereocenters. The maximum absolute atomic E-state index is 12.2. The Morgan fingerprint density at radius 3 is 2.20 bits per heavy atom. The molecule has 0 aromatic rings. The Morgan fingerprint density at radius 2 is 1.75 bits per heavy atom. The predicted molar refractivity (Wildman–Crippen MR) is 82.6 cm³/mol. The summed E-state index contributed by atoms with van der Waals surface area (Å²) in [7, 11) is 0. The average Bonchev–Trinajstić information content (AvgIpc) is 2.56. The lowest BCUT2D eigenvalue weighted by molar-refractivity contribution is -0.159. The second-order valence-corrected chi connectivity index (χ2v) is 9.78. The second-order valence-electron chi connectivity index (χ2n) is 7.78. The first-order valence-electron chi connectivity index (χ1n) is 7.31. The summed E-state index contributed by atoms with van der Waals surface area (Å²) in [5.74, 6) is 0.118. The molecule has 1 aliphatic rings. The number of esters is 1. The highest BCUT2D eigenvalue weighted by Gasteiger charge is 2.41. The van der Waals surface area contributed by atoms with Crippen molar-refractivity contribution >= 4 is 17.3 Å². The molecule has 1 rings (SSSR count). The molecule has 0 amide bonds. The first kappa shape index (κ1) is 17.8. The van der Waals surface area contributed by atoms with Gasteiger partial charge in [0, 0.05) is 11.4 Å². The Bertz CT molecular complexity index is 346. The lowest BCUT2D eigenvalue weighted by Crippen LogP contribution is -2.45. The zero-order valence-electron chi connectivity index (χ0n) is 13.8. The van der Waals surface area contributed by atoms with E-state index in [9.17, 15) is 9.35 Å². The third-order valence-electron chi connectivity index (χ3n) is 3.44. The molecule has 0 bridgehead atoms. The van der Waals surface area contributed by atoms with E-state index in [0.29, 0.717) is 12.3 Å². The third-order valence-corrected chi connectivity index (χ3v) is 5.07. The van der Waals surface area contributed by atoms with Crippen LogP contribution in [0.5, 0.6) is 0 Å². The van der Waals surface area contributed by atoms with Gasteiger partial charge in [0.1, 0.15) is 10.3 Å². The first-order valence-corrected chi connectivity index (χ1v) is 8.46. The lowest BCUT2D eigenvalue weighted by atomic mass is 10.1. The first-order chi connectivity index (χ1) is 8.90. The minimum atomic E-state index is -1.10. The Labute approximate surface area is 126 Å². The zero-order chi connectivity index (χ0) is 15.7. The van der Waals surface area contributed by atoms with E-state index in [1.165, 1.54) is 0 Å². The van der Waals surface area contributed by atoms with Crippen molar-refractivity contribution in [1.82, 2.24) is 4.72 Å². The van der Waals surface area contributed by atoms with E-state index in [1.54, 1.807) is 0 Å². The van der Waals surface area contributed by atoms with Crippen molar-refractivity contribution in [2.45, 2.75) is 77.7 Å². The molecule has 5 heteroatoms. The van der Waals surface area contributed by atoms with Crippen molar-refractivity contribution < 1.29 is 14.1 Å². The standard InChI is InChI=1S/C15H29NO3S/c1-10-8-11(13(17)19-14(2,3)4)9-12(10)16-20(18)15(5,6)7/h10-12,16H,8-9H2,1-7H3/t10-,11+,12-,20?/m0/s1. The Morgan fingerprint density at radius 1 is 1.20 bits per heavy atom. The van der Waals surface area contributed by atoms with Crippen LogP contribution < -0.4 is 4.72 Å². The fourth-order valence-electron chi connectivity index (χ4n) is 2.30. The van der Waals surface area contributed by atoms with Crippen LogP contribution in [0.4, 0.5) is 0 Å². The van der Waals surface area contributed by atoms with Crippen molar-refractivity contribution in [2.75, 3.05) is 0 Å². The van der Waals surface area contributed by atoms with E-state index in [0.717, 1.165) is 6.42 Å². The number of ether oxygens (including phenoxy) is 1. The van der Waals surface area contributed by atoms with Crippen molar-refractivity contribution in [2.24, 2.45) is 11.8 Å². The summed E-state index contributed by atoms with van der Waals surface area (Å²) in [6.07, 6.45) is 1.51. The number of rotatable bonds is 3. The van der Waals surface area contributed by atoms with Crippen LogP contribution in [0.15, 0.2) is 0 Å². The summed E-state index contributed by atoms with van der Waals surface area (Å²) in [4.78, 5) is 12.1. The van der Waals surface area contributed by atoms with Crippen molar-refractivity contribution in [3.63, 3.8) is 0 Å². The highest BCUT2D eigenvalue weighted by Crippen LogP contribution is 2.34. The summed E-state index contributed by atoms with van der Waals surface area (Å²) in [5.41, 5.74) is -0.444. The van der Waals surface area contributed by atoms with Gasteiger partial charge in [-0.2, -0.15) is 0 Å². The Kier molecular flexibility index (Phi) is 5.55. The fraction of sp³-hybridized carbons (Fsp3) is 0.933. The minimum absolute atomic E-state index is 0.0845. The molecule has 0 aromatic carbocycles. The number of carbonyl (C=O) groups excluding carboxylic acids is 1. The molecular weight excluding hydrogens is 274 g/mol. The monoisotopic (exact) mass is 303 g/mol. The molecule has 118 valence electrons. The van der Waals surface area contributed by atoms with Gasteiger partial charge in [-0.1, -0.05) is 6.92 Å². The molecule has 4 nitrogen and oxygen atoms in total. The van der Waals surface area contributed by atoms with Crippen LogP contribution in [-0.2, 0) is 20.9 Å². The number of hydrogen-bond acceptors (Lipinski definition) is 4. The molecule has 0 heterocycles. The summed E-state index contributed by atoms with van der Waals surface area (Å²) in [6, 6.07) is 0.118. The molecule has 0 aliphatic heterocycles. The normalized spacial score (nSPS) is 29.3. The average molecular weight is 303 g/mol. The van der Waals surface area contributed by atoms with Crippen LogP contribution in [0.1, 0.15) is 61.3 Å². The van der Waals surface area contributed by atoms with Crippen molar-refractivity contribution in [3.05, 3.63) is 0 Å². The van der Waals surface area contributed by atoms with Crippen LogP contribution in [0.3, 0.4) is 0 Å². The minimum Gasteiger partial charge on any atom is -0.598 e. The van der Waals surface area contributed by atoms with Gasteiger partial charge in [0.2, 0.25) is 0 Å². The molecule has 0 radical (unpaired) electrons. The van der Waals surface area contributed by atoms with E-state index in [1.807, 2.05) is 41.5 Å². The molecule has 0 aromatic heterocycles. The maximum Gasteiger partial charge on any atom is 0.309 e. The molecule has 1 fully saturated rings. The van der Waals surface area contributed by atoms with Gasteiger partial charge in [0.25, 0.3) is 0 Å². The molecule has 1 N–H and O–H groups in total. The van der Waals surface area contributed by atoms with E-state index in [-0.39, 0.29) is 22.7 Å². The largest absolute Gasteiger partial charge is 0.598 e. The van der Waals surface area contributed by atoms with Gasteiger partial charge in [0.15, 0.2) is 0 Å². The predicted octanol–water partition coefficient (Wildman–Crippen LogP) is 2.79. The molecule has 1 aliphatic carbocycles. The molecule has 20 heavy (non-hydrogen) atoms. The third kappa shape index (κ3) is 5.26. The van der Waals surface area contributed by atoms with E-state index in [4.69, 9.17) is 4.74 Å². The molecule has 1 unspecified atom stereocenters. The molecule has 0 saturated heterocycles. The fourth-order valence-corrected chi connectivity index (χ4v) is 3.26. The molecule has 0 spiro atoms. The lowest BCUT2D eigenvalue weighted by Gasteiger charge is -2.27. The van der Waals surface area contributed by atoms with Gasteiger partial charge in [-0.25, -0.2) is 0 Å². The SMILES string of the molecule is C[C@H]1C[C@@H](C(=O)OC(C)(C)C)C[C@@H]1N[S+]([O-])C(C)(C)C. The summed E-state index contributed by atoms with van der Waals surface area (Å²) >= 11 is -1.10. The summed E-state index contributed by atoms with van der Waals surface area (Å²) in [6.45, 7) is 13.6.